The van der Waals surface area contributed by atoms with Crippen LogP contribution in [0.2, 0.25) is 0 Å². The Bertz CT molecular complexity index is 592. The summed E-state index contributed by atoms with van der Waals surface area (Å²) >= 11 is 0. The number of nitrogens with zero attached hydrogens (tertiary/aromatic N) is 1. The third-order valence-corrected chi connectivity index (χ3v) is 2.54. The van der Waals surface area contributed by atoms with E-state index >= 15 is 0 Å². The van der Waals surface area contributed by atoms with E-state index in [9.17, 15) is 18.0 Å². The van der Waals surface area contributed by atoms with Gasteiger partial charge in [-0.15, -0.1) is 0 Å². The van der Waals surface area contributed by atoms with Crippen LogP contribution in [0.15, 0.2) is 36.0 Å². The first kappa shape index (κ1) is 17.5. The molecule has 8 heteroatoms. The van der Waals surface area contributed by atoms with Crippen molar-refractivity contribution < 1.29 is 22.7 Å². The molecule has 0 saturated heterocycles. The molecule has 118 valence electrons. The lowest BCUT2D eigenvalue weighted by Crippen LogP contribution is -2.20. The number of hydrogen-bond acceptors (Lipinski definition) is 4. The number of nitrogens with one attached hydrogen (secondary N) is 2. The minimum Gasteiger partial charge on any atom is -0.387 e. The first-order valence-electron chi connectivity index (χ1n) is 6.20. The molecule has 1 rings (SSSR count). The van der Waals surface area contributed by atoms with Crippen molar-refractivity contribution in [3.8, 4) is 6.07 Å². The molecule has 1 aromatic carbocycles. The predicted molar refractivity (Wildman–Crippen MR) is 73.6 cm³/mol. The second-order valence-electron chi connectivity index (χ2n) is 4.11. The van der Waals surface area contributed by atoms with Gasteiger partial charge < -0.3 is 15.4 Å². The summed E-state index contributed by atoms with van der Waals surface area (Å²) in [5, 5.41) is 13.6. The molecule has 22 heavy (non-hydrogen) atoms. The predicted octanol–water partition coefficient (Wildman–Crippen LogP) is 2.29. The number of rotatable bonds is 6. The SMILES string of the molecule is COCCN/C=C(/C#N)C(=O)Nc1ccccc1C(F)(F)F. The van der Waals surface area contributed by atoms with Crippen LogP contribution in [0.1, 0.15) is 5.56 Å². The van der Waals surface area contributed by atoms with E-state index in [0.29, 0.717) is 13.2 Å². The highest BCUT2D eigenvalue weighted by molar-refractivity contribution is 6.06. The highest BCUT2D eigenvalue weighted by Gasteiger charge is 2.33. The van der Waals surface area contributed by atoms with Crippen molar-refractivity contribution in [3.63, 3.8) is 0 Å². The van der Waals surface area contributed by atoms with Crippen LogP contribution in [0.25, 0.3) is 0 Å². The van der Waals surface area contributed by atoms with E-state index in [4.69, 9.17) is 10.00 Å². The summed E-state index contributed by atoms with van der Waals surface area (Å²) in [6.07, 6.45) is -3.47. The Morgan fingerprint density at radius 1 is 1.41 bits per heavy atom. The Labute approximate surface area is 125 Å². The fourth-order valence-electron chi connectivity index (χ4n) is 1.51. The number of anilines is 1. The number of carbonyl (C=O) groups is 1. The molecule has 0 bridgehead atoms. The summed E-state index contributed by atoms with van der Waals surface area (Å²) in [6.45, 7) is 0.710. The Morgan fingerprint density at radius 2 is 2.09 bits per heavy atom. The Hall–Kier alpha value is -2.53. The normalized spacial score (nSPS) is 11.7. The molecule has 0 radical (unpaired) electrons. The molecule has 0 heterocycles. The molecule has 1 aromatic rings. The van der Waals surface area contributed by atoms with E-state index in [1.165, 1.54) is 19.2 Å². The van der Waals surface area contributed by atoms with Gasteiger partial charge >= 0.3 is 6.18 Å². The highest BCUT2D eigenvalue weighted by Crippen LogP contribution is 2.34. The highest BCUT2D eigenvalue weighted by atomic mass is 19.4. The lowest BCUT2D eigenvalue weighted by Gasteiger charge is -2.13. The van der Waals surface area contributed by atoms with Crippen molar-refractivity contribution >= 4 is 11.6 Å². The van der Waals surface area contributed by atoms with Gasteiger partial charge in [-0.3, -0.25) is 4.79 Å². The number of amides is 1. The summed E-state index contributed by atoms with van der Waals surface area (Å²) in [7, 11) is 1.48. The van der Waals surface area contributed by atoms with E-state index in [2.05, 4.69) is 10.6 Å². The summed E-state index contributed by atoms with van der Waals surface area (Å²) in [6, 6.07) is 6.16. The van der Waals surface area contributed by atoms with Crippen molar-refractivity contribution in [2.24, 2.45) is 0 Å². The van der Waals surface area contributed by atoms with E-state index in [0.717, 1.165) is 18.3 Å². The zero-order chi connectivity index (χ0) is 16.6. The molecule has 0 aliphatic heterocycles. The number of methoxy groups -OCH3 is 1. The molecule has 0 spiro atoms. The summed E-state index contributed by atoms with van der Waals surface area (Å²) in [4.78, 5) is 11.8. The quantitative estimate of drug-likeness (QED) is 0.480. The standard InChI is InChI=1S/C14H14F3N3O2/c1-22-7-6-19-9-10(8-18)13(21)20-12-5-3-2-4-11(12)14(15,16)17/h2-5,9,19H,6-7H2,1H3,(H,20,21)/b10-9-. The van der Waals surface area contributed by atoms with Gasteiger partial charge in [0.05, 0.1) is 17.9 Å². The van der Waals surface area contributed by atoms with Crippen LogP contribution in [0, 0.1) is 11.3 Å². The maximum atomic E-state index is 12.8. The van der Waals surface area contributed by atoms with Gasteiger partial charge in [-0.1, -0.05) is 12.1 Å². The third-order valence-electron chi connectivity index (χ3n) is 2.54. The fourth-order valence-corrected chi connectivity index (χ4v) is 1.51. The Morgan fingerprint density at radius 3 is 2.68 bits per heavy atom. The number of halogens is 3. The average molecular weight is 313 g/mol. The van der Waals surface area contributed by atoms with Crippen LogP contribution < -0.4 is 10.6 Å². The number of carbonyl (C=O) groups excluding carboxylic acids is 1. The number of hydrogen-bond donors (Lipinski definition) is 2. The molecule has 0 aliphatic carbocycles. The van der Waals surface area contributed by atoms with Gasteiger partial charge in [-0.25, -0.2) is 0 Å². The molecule has 1 amide bonds. The topological polar surface area (TPSA) is 74.1 Å². The first-order valence-corrected chi connectivity index (χ1v) is 6.20. The number of para-hydroxylation sites is 1. The smallest absolute Gasteiger partial charge is 0.387 e. The average Bonchev–Trinajstić information content (AvgIpc) is 2.46. The van der Waals surface area contributed by atoms with Crippen LogP contribution in [0.4, 0.5) is 18.9 Å². The Balaban J connectivity index is 2.86. The maximum absolute atomic E-state index is 12.8. The van der Waals surface area contributed by atoms with Crippen LogP contribution in [-0.4, -0.2) is 26.2 Å². The number of alkyl halides is 3. The zero-order valence-corrected chi connectivity index (χ0v) is 11.7. The first-order chi connectivity index (χ1) is 10.4. The van der Waals surface area contributed by atoms with Gasteiger partial charge in [0, 0.05) is 19.9 Å². The fraction of sp³-hybridized carbons (Fsp3) is 0.286. The van der Waals surface area contributed by atoms with Crippen molar-refractivity contribution in [2.75, 3.05) is 25.6 Å². The van der Waals surface area contributed by atoms with Gasteiger partial charge in [0.1, 0.15) is 11.6 Å². The van der Waals surface area contributed by atoms with Crippen LogP contribution >= 0.6 is 0 Å². The molecule has 0 saturated carbocycles. The molecule has 0 aromatic heterocycles. The molecule has 0 fully saturated rings. The molecule has 0 aliphatic rings. The van der Waals surface area contributed by atoms with Crippen molar-refractivity contribution in [2.45, 2.75) is 6.18 Å². The minimum absolute atomic E-state index is 0.340. The number of nitriles is 1. The van der Waals surface area contributed by atoms with Crippen molar-refractivity contribution in [1.82, 2.24) is 5.32 Å². The second kappa shape index (κ2) is 8.05. The van der Waals surface area contributed by atoms with E-state index in [1.54, 1.807) is 6.07 Å². The number of ether oxygens (including phenoxy) is 1. The van der Waals surface area contributed by atoms with E-state index in [-0.39, 0.29) is 5.57 Å². The number of benzene rings is 1. The molecule has 0 atom stereocenters. The molecular weight excluding hydrogens is 299 g/mol. The van der Waals surface area contributed by atoms with Gasteiger partial charge in [0.25, 0.3) is 5.91 Å². The van der Waals surface area contributed by atoms with E-state index < -0.39 is 23.3 Å². The van der Waals surface area contributed by atoms with Gasteiger partial charge in [-0.2, -0.15) is 18.4 Å². The monoisotopic (exact) mass is 313 g/mol. The molecule has 5 nitrogen and oxygen atoms in total. The van der Waals surface area contributed by atoms with Gasteiger partial charge in [-0.05, 0) is 12.1 Å². The third kappa shape index (κ3) is 5.10. The molecule has 2 N–H and O–H groups in total. The molecular formula is C14H14F3N3O2. The van der Waals surface area contributed by atoms with Crippen LogP contribution in [0.5, 0.6) is 0 Å². The van der Waals surface area contributed by atoms with Gasteiger partial charge in [0.2, 0.25) is 0 Å². The summed E-state index contributed by atoms with van der Waals surface area (Å²) in [5.74, 6) is -0.927. The summed E-state index contributed by atoms with van der Waals surface area (Å²) < 4.78 is 43.2. The van der Waals surface area contributed by atoms with Gasteiger partial charge in [0.15, 0.2) is 0 Å². The largest absolute Gasteiger partial charge is 0.418 e. The van der Waals surface area contributed by atoms with Crippen molar-refractivity contribution in [3.05, 3.63) is 41.6 Å². The van der Waals surface area contributed by atoms with Crippen LogP contribution in [0.3, 0.4) is 0 Å². The second-order valence-corrected chi connectivity index (χ2v) is 4.11. The minimum atomic E-state index is -4.60. The van der Waals surface area contributed by atoms with Crippen LogP contribution in [-0.2, 0) is 15.7 Å². The van der Waals surface area contributed by atoms with E-state index in [1.807, 2.05) is 0 Å². The lowest BCUT2D eigenvalue weighted by molar-refractivity contribution is -0.137. The maximum Gasteiger partial charge on any atom is 0.418 e. The lowest BCUT2D eigenvalue weighted by atomic mass is 10.1. The summed E-state index contributed by atoms with van der Waals surface area (Å²) in [5.41, 5.74) is -1.72. The zero-order valence-electron chi connectivity index (χ0n) is 11.7. The van der Waals surface area contributed by atoms with Crippen molar-refractivity contribution in [1.29, 1.82) is 5.26 Å². The molecule has 0 unspecified atom stereocenters. The Kier molecular flexibility index (Phi) is 6.41.